The first kappa shape index (κ1) is 17.5. The van der Waals surface area contributed by atoms with Gasteiger partial charge in [-0.2, -0.15) is 0 Å². The van der Waals surface area contributed by atoms with Crippen molar-refractivity contribution < 1.29 is 40.5 Å². The summed E-state index contributed by atoms with van der Waals surface area (Å²) in [4.78, 5) is 15.4. The Kier molecular flexibility index (Phi) is 7.40. The van der Waals surface area contributed by atoms with Gasteiger partial charge in [-0.3, -0.25) is 0 Å². The van der Waals surface area contributed by atoms with E-state index in [2.05, 4.69) is 12.6 Å². The Labute approximate surface area is 137 Å². The molecule has 1 rings (SSSR count). The molecule has 1 saturated heterocycles. The van der Waals surface area contributed by atoms with Crippen LogP contribution in [0.4, 0.5) is 4.79 Å². The summed E-state index contributed by atoms with van der Waals surface area (Å²) in [5.74, 6) is 0. The van der Waals surface area contributed by atoms with Gasteiger partial charge in [0.1, 0.15) is 9.92 Å². The number of rotatable bonds is 0. The van der Waals surface area contributed by atoms with E-state index < -0.39 is 5.60 Å². The number of amides is 1. The molecule has 1 aliphatic rings. The van der Waals surface area contributed by atoms with Crippen molar-refractivity contribution in [3.63, 3.8) is 0 Å². The van der Waals surface area contributed by atoms with Crippen LogP contribution in [0.15, 0.2) is 0 Å². The number of carbonyl (C=O) groups is 1. The molecular formula is C10H19N2NaO2S2. The van der Waals surface area contributed by atoms with Gasteiger partial charge in [-0.1, -0.05) is 12.2 Å². The van der Waals surface area contributed by atoms with Gasteiger partial charge in [-0.15, -0.1) is 12.6 Å². The van der Waals surface area contributed by atoms with Crippen molar-refractivity contribution >= 4 is 35.3 Å². The maximum atomic E-state index is 11.7. The van der Waals surface area contributed by atoms with Crippen molar-refractivity contribution in [1.29, 1.82) is 0 Å². The van der Waals surface area contributed by atoms with Crippen LogP contribution in [0.5, 0.6) is 0 Å². The van der Waals surface area contributed by atoms with E-state index in [9.17, 15) is 4.79 Å². The fraction of sp³-hybridized carbons (Fsp3) is 0.800. The zero-order valence-electron chi connectivity index (χ0n) is 11.9. The Bertz CT molecular complexity index is 292. The first-order chi connectivity index (χ1) is 7.29. The van der Waals surface area contributed by atoms with Gasteiger partial charge in [-0.05, 0) is 20.8 Å². The molecule has 0 atom stereocenters. The van der Waals surface area contributed by atoms with Gasteiger partial charge in [-0.25, -0.2) is 4.79 Å². The van der Waals surface area contributed by atoms with Crippen LogP contribution in [0.1, 0.15) is 22.2 Å². The minimum atomic E-state index is -0.437. The number of hydrogen-bond acceptors (Lipinski definition) is 3. The van der Waals surface area contributed by atoms with E-state index in [1.807, 2.05) is 25.7 Å². The number of thiol groups is 1. The van der Waals surface area contributed by atoms with Crippen LogP contribution in [0.3, 0.4) is 0 Å². The third-order valence-electron chi connectivity index (χ3n) is 2.20. The first-order valence-corrected chi connectivity index (χ1v) is 6.11. The van der Waals surface area contributed by atoms with Gasteiger partial charge in [0.05, 0.1) is 0 Å². The molecule has 0 spiro atoms. The minimum absolute atomic E-state index is 0. The van der Waals surface area contributed by atoms with Gasteiger partial charge < -0.3 is 16.0 Å². The molecule has 0 aromatic heterocycles. The van der Waals surface area contributed by atoms with Crippen LogP contribution in [-0.2, 0) is 4.74 Å². The van der Waals surface area contributed by atoms with Crippen molar-refractivity contribution in [2.24, 2.45) is 0 Å². The topological polar surface area (TPSA) is 32.8 Å². The summed E-state index contributed by atoms with van der Waals surface area (Å²) in [6, 6.07) is 0. The van der Waals surface area contributed by atoms with Crippen molar-refractivity contribution in [1.82, 2.24) is 9.80 Å². The van der Waals surface area contributed by atoms with Crippen molar-refractivity contribution in [2.45, 2.75) is 26.4 Å². The smallest absolute Gasteiger partial charge is 1.00 e. The SMILES string of the molecule is CC(C)(C)OC(=O)N1CCN(C(=S)S)CC1.[H-].[Na+]. The van der Waals surface area contributed by atoms with Crippen LogP contribution < -0.4 is 29.6 Å². The number of carbonyl (C=O) groups excluding carboxylic acids is 1. The third kappa shape index (κ3) is 6.29. The Hall–Kier alpha value is 0.510. The summed E-state index contributed by atoms with van der Waals surface area (Å²) in [6.45, 7) is 8.31. The molecule has 0 aromatic rings. The quantitative estimate of drug-likeness (QED) is 0.347. The van der Waals surface area contributed by atoms with E-state index in [4.69, 9.17) is 17.0 Å². The number of piperazine rings is 1. The molecule has 0 bridgehead atoms. The van der Waals surface area contributed by atoms with Crippen molar-refractivity contribution in [2.75, 3.05) is 26.2 Å². The van der Waals surface area contributed by atoms with Crippen molar-refractivity contribution in [3.05, 3.63) is 0 Å². The molecule has 4 nitrogen and oxygen atoms in total. The molecule has 17 heavy (non-hydrogen) atoms. The molecule has 1 fully saturated rings. The predicted octanol–water partition coefficient (Wildman–Crippen LogP) is -1.13. The molecule has 0 saturated carbocycles. The van der Waals surface area contributed by atoms with Crippen LogP contribution >= 0.6 is 24.8 Å². The molecule has 1 amide bonds. The molecule has 1 aliphatic heterocycles. The van der Waals surface area contributed by atoms with E-state index in [1.54, 1.807) is 4.90 Å². The van der Waals surface area contributed by atoms with E-state index in [0.29, 0.717) is 17.4 Å². The summed E-state index contributed by atoms with van der Waals surface area (Å²) in [5, 5.41) is 0. The fourth-order valence-corrected chi connectivity index (χ4v) is 1.79. The minimum Gasteiger partial charge on any atom is -1.00 e. The molecule has 7 heteroatoms. The average molecular weight is 286 g/mol. The van der Waals surface area contributed by atoms with E-state index in [-0.39, 0.29) is 37.1 Å². The van der Waals surface area contributed by atoms with Gasteiger partial charge in [0.2, 0.25) is 0 Å². The average Bonchev–Trinajstić information content (AvgIpc) is 2.15. The monoisotopic (exact) mass is 286 g/mol. The Morgan fingerprint density at radius 2 is 1.65 bits per heavy atom. The third-order valence-corrected chi connectivity index (χ3v) is 2.74. The maximum Gasteiger partial charge on any atom is 1.00 e. The van der Waals surface area contributed by atoms with Crippen LogP contribution in [-0.4, -0.2) is 52.0 Å². The fourth-order valence-electron chi connectivity index (χ4n) is 1.41. The predicted molar refractivity (Wildman–Crippen MR) is 72.1 cm³/mol. The van der Waals surface area contributed by atoms with Crippen molar-refractivity contribution in [3.8, 4) is 0 Å². The molecule has 0 N–H and O–H groups in total. The molecular weight excluding hydrogens is 267 g/mol. The summed E-state index contributed by atoms with van der Waals surface area (Å²) >= 11 is 9.08. The molecule has 0 radical (unpaired) electrons. The number of thiocarbonyl (C=S) groups is 1. The second-order valence-corrected chi connectivity index (χ2v) is 5.85. The summed E-state index contributed by atoms with van der Waals surface area (Å²) in [6.07, 6.45) is -0.253. The number of nitrogens with zero attached hydrogens (tertiary/aromatic N) is 2. The van der Waals surface area contributed by atoms with E-state index in [0.717, 1.165) is 13.1 Å². The van der Waals surface area contributed by atoms with Gasteiger partial charge in [0, 0.05) is 26.2 Å². The number of hydrogen-bond donors (Lipinski definition) is 1. The Morgan fingerprint density at radius 3 is 2.00 bits per heavy atom. The zero-order chi connectivity index (χ0) is 12.3. The van der Waals surface area contributed by atoms with E-state index >= 15 is 0 Å². The maximum absolute atomic E-state index is 11.7. The van der Waals surface area contributed by atoms with Gasteiger partial charge >= 0.3 is 35.7 Å². The van der Waals surface area contributed by atoms with Gasteiger partial charge in [0.15, 0.2) is 0 Å². The molecule has 0 unspecified atom stereocenters. The molecule has 0 aliphatic carbocycles. The van der Waals surface area contributed by atoms with Crippen LogP contribution in [0.25, 0.3) is 0 Å². The normalized spacial score (nSPS) is 16.2. The standard InChI is InChI=1S/C10H18N2O2S2.Na.H/c1-10(2,3)14-8(13)11-4-6-12(7-5-11)9(15)16;;/h4-7H2,1-3H3,(H,15,16);;/q;+1;-1. The zero-order valence-corrected chi connectivity index (χ0v) is 14.6. The van der Waals surface area contributed by atoms with Gasteiger partial charge in [0.25, 0.3) is 0 Å². The second-order valence-electron chi connectivity index (χ2n) is 4.74. The Morgan fingerprint density at radius 1 is 1.24 bits per heavy atom. The second kappa shape index (κ2) is 7.19. The molecule has 94 valence electrons. The Balaban J connectivity index is 0. The summed E-state index contributed by atoms with van der Waals surface area (Å²) in [5.41, 5.74) is -0.437. The van der Waals surface area contributed by atoms with Crippen LogP contribution in [0.2, 0.25) is 0 Å². The first-order valence-electron chi connectivity index (χ1n) is 5.25. The van der Waals surface area contributed by atoms with E-state index in [1.165, 1.54) is 0 Å². The molecule has 1 heterocycles. The summed E-state index contributed by atoms with van der Waals surface area (Å²) in [7, 11) is 0. The largest absolute Gasteiger partial charge is 1.00 e. The summed E-state index contributed by atoms with van der Waals surface area (Å²) < 4.78 is 5.88. The van der Waals surface area contributed by atoms with Crippen LogP contribution in [0, 0.1) is 0 Å². The number of ether oxygens (including phenoxy) is 1. The molecule has 0 aromatic carbocycles.